The minimum atomic E-state index is -0.0157. The molecule has 0 aromatic heterocycles. The van der Waals surface area contributed by atoms with Gasteiger partial charge in [0, 0.05) is 5.54 Å². The topological polar surface area (TPSA) is 26.0 Å². The number of rotatable bonds is 2. The molecule has 1 nitrogen and oxygen atoms in total. The summed E-state index contributed by atoms with van der Waals surface area (Å²) in [6.45, 7) is 0. The molecule has 0 heterocycles. The van der Waals surface area contributed by atoms with Gasteiger partial charge in [0.05, 0.1) is 0 Å². The minimum absolute atomic E-state index is 0.0157. The molecule has 0 bridgehead atoms. The molecule has 2 fully saturated rings. The highest BCUT2D eigenvalue weighted by Gasteiger charge is 2.31. The van der Waals surface area contributed by atoms with Crippen molar-refractivity contribution in [3.63, 3.8) is 0 Å². The van der Waals surface area contributed by atoms with Gasteiger partial charge in [-0.3, -0.25) is 0 Å². The standard InChI is InChI=1S/C15H21N/c16-15(10-1-2-11-15)14-8-6-13(7-9-14)12-4-3-5-12/h6-9,12H,1-5,10-11,16H2. The van der Waals surface area contributed by atoms with Crippen molar-refractivity contribution in [1.82, 2.24) is 0 Å². The van der Waals surface area contributed by atoms with Crippen LogP contribution in [0.2, 0.25) is 0 Å². The van der Waals surface area contributed by atoms with Gasteiger partial charge in [-0.25, -0.2) is 0 Å². The fourth-order valence-corrected chi connectivity index (χ4v) is 3.12. The maximum atomic E-state index is 6.45. The van der Waals surface area contributed by atoms with E-state index in [1.54, 1.807) is 0 Å². The quantitative estimate of drug-likeness (QED) is 0.800. The zero-order chi connectivity index (χ0) is 11.0. The molecule has 3 rings (SSSR count). The van der Waals surface area contributed by atoms with Crippen LogP contribution in [0.4, 0.5) is 0 Å². The lowest BCUT2D eigenvalue weighted by Crippen LogP contribution is -2.33. The highest BCUT2D eigenvalue weighted by Crippen LogP contribution is 2.39. The van der Waals surface area contributed by atoms with Crippen LogP contribution in [0.1, 0.15) is 62.0 Å². The van der Waals surface area contributed by atoms with E-state index in [1.807, 2.05) is 0 Å². The number of nitrogens with two attached hydrogens (primary N) is 1. The fourth-order valence-electron chi connectivity index (χ4n) is 3.12. The Kier molecular flexibility index (Phi) is 2.51. The molecule has 2 saturated carbocycles. The molecule has 1 heteroatoms. The van der Waals surface area contributed by atoms with E-state index < -0.39 is 0 Å². The molecule has 16 heavy (non-hydrogen) atoms. The Bertz CT molecular complexity index is 356. The van der Waals surface area contributed by atoms with Gasteiger partial charge in [0.1, 0.15) is 0 Å². The van der Waals surface area contributed by atoms with Crippen molar-refractivity contribution in [3.05, 3.63) is 35.4 Å². The van der Waals surface area contributed by atoms with Crippen LogP contribution >= 0.6 is 0 Å². The van der Waals surface area contributed by atoms with E-state index in [-0.39, 0.29) is 5.54 Å². The third kappa shape index (κ3) is 1.67. The number of hydrogen-bond acceptors (Lipinski definition) is 1. The summed E-state index contributed by atoms with van der Waals surface area (Å²) in [6, 6.07) is 9.18. The van der Waals surface area contributed by atoms with Crippen molar-refractivity contribution >= 4 is 0 Å². The summed E-state index contributed by atoms with van der Waals surface area (Å²) < 4.78 is 0. The lowest BCUT2D eigenvalue weighted by atomic mass is 9.79. The molecule has 0 saturated heterocycles. The Hall–Kier alpha value is -0.820. The molecule has 0 amide bonds. The SMILES string of the molecule is NC1(c2ccc(C3CCC3)cc2)CCCC1. The van der Waals surface area contributed by atoms with Crippen molar-refractivity contribution in [2.24, 2.45) is 5.73 Å². The number of benzene rings is 1. The number of hydrogen-bond donors (Lipinski definition) is 1. The first-order chi connectivity index (χ1) is 7.78. The van der Waals surface area contributed by atoms with Gasteiger partial charge in [-0.05, 0) is 42.7 Å². The summed E-state index contributed by atoms with van der Waals surface area (Å²) in [6.07, 6.45) is 9.08. The van der Waals surface area contributed by atoms with E-state index in [9.17, 15) is 0 Å². The van der Waals surface area contributed by atoms with Gasteiger partial charge in [0.25, 0.3) is 0 Å². The Labute approximate surface area is 98.0 Å². The lowest BCUT2D eigenvalue weighted by Gasteiger charge is -2.28. The second-order valence-electron chi connectivity index (χ2n) is 5.61. The van der Waals surface area contributed by atoms with Crippen molar-refractivity contribution < 1.29 is 0 Å². The summed E-state index contributed by atoms with van der Waals surface area (Å²) in [7, 11) is 0. The molecule has 0 aliphatic heterocycles. The highest BCUT2D eigenvalue weighted by molar-refractivity contribution is 5.31. The fraction of sp³-hybridized carbons (Fsp3) is 0.600. The Morgan fingerprint density at radius 1 is 0.938 bits per heavy atom. The van der Waals surface area contributed by atoms with E-state index in [2.05, 4.69) is 24.3 Å². The second-order valence-corrected chi connectivity index (χ2v) is 5.61. The zero-order valence-corrected chi connectivity index (χ0v) is 9.91. The van der Waals surface area contributed by atoms with Gasteiger partial charge >= 0.3 is 0 Å². The predicted molar refractivity (Wildman–Crippen MR) is 67.4 cm³/mol. The lowest BCUT2D eigenvalue weighted by molar-refractivity contribution is 0.418. The Balaban J connectivity index is 1.81. The van der Waals surface area contributed by atoms with Gasteiger partial charge in [-0.2, -0.15) is 0 Å². The molecule has 86 valence electrons. The van der Waals surface area contributed by atoms with Crippen LogP contribution in [0.3, 0.4) is 0 Å². The van der Waals surface area contributed by atoms with Crippen molar-refractivity contribution in [3.8, 4) is 0 Å². The maximum absolute atomic E-state index is 6.45. The van der Waals surface area contributed by atoms with Gasteiger partial charge in [0.2, 0.25) is 0 Å². The average Bonchev–Trinajstić information content (AvgIpc) is 2.65. The molecule has 0 spiro atoms. The molecule has 1 aromatic carbocycles. The van der Waals surface area contributed by atoms with Crippen LogP contribution in [0.15, 0.2) is 24.3 Å². The zero-order valence-electron chi connectivity index (χ0n) is 9.91. The summed E-state index contributed by atoms with van der Waals surface area (Å²) in [5, 5.41) is 0. The van der Waals surface area contributed by atoms with Gasteiger partial charge < -0.3 is 5.73 Å². The highest BCUT2D eigenvalue weighted by atomic mass is 14.8. The minimum Gasteiger partial charge on any atom is -0.321 e. The van der Waals surface area contributed by atoms with Crippen LogP contribution < -0.4 is 5.73 Å². The van der Waals surface area contributed by atoms with E-state index in [0.717, 1.165) is 18.8 Å². The molecule has 2 aliphatic rings. The molecule has 0 unspecified atom stereocenters. The van der Waals surface area contributed by atoms with Gasteiger partial charge in [0.15, 0.2) is 0 Å². The normalized spacial score (nSPS) is 24.3. The van der Waals surface area contributed by atoms with Crippen LogP contribution in [0.5, 0.6) is 0 Å². The van der Waals surface area contributed by atoms with E-state index in [0.29, 0.717) is 0 Å². The van der Waals surface area contributed by atoms with E-state index in [1.165, 1.54) is 43.2 Å². The molecule has 0 atom stereocenters. The molecule has 1 aromatic rings. The van der Waals surface area contributed by atoms with E-state index in [4.69, 9.17) is 5.73 Å². The first-order valence-electron chi connectivity index (χ1n) is 6.67. The van der Waals surface area contributed by atoms with Crippen molar-refractivity contribution in [1.29, 1.82) is 0 Å². The molecular formula is C15H21N. The van der Waals surface area contributed by atoms with Crippen molar-refractivity contribution in [2.75, 3.05) is 0 Å². The summed E-state index contributed by atoms with van der Waals surface area (Å²) in [4.78, 5) is 0. The van der Waals surface area contributed by atoms with Crippen molar-refractivity contribution in [2.45, 2.75) is 56.4 Å². The molecule has 2 N–H and O–H groups in total. The predicted octanol–water partition coefficient (Wildman–Crippen LogP) is 3.68. The summed E-state index contributed by atoms with van der Waals surface area (Å²) in [5.41, 5.74) is 9.32. The maximum Gasteiger partial charge on any atom is 0.0409 e. The third-order valence-electron chi connectivity index (χ3n) is 4.56. The molecular weight excluding hydrogens is 194 g/mol. The van der Waals surface area contributed by atoms with Crippen LogP contribution in [-0.2, 0) is 5.54 Å². The van der Waals surface area contributed by atoms with E-state index >= 15 is 0 Å². The van der Waals surface area contributed by atoms with Crippen LogP contribution in [0, 0.1) is 0 Å². The largest absolute Gasteiger partial charge is 0.321 e. The summed E-state index contributed by atoms with van der Waals surface area (Å²) in [5.74, 6) is 0.839. The van der Waals surface area contributed by atoms with Crippen LogP contribution in [0.25, 0.3) is 0 Å². The second kappa shape index (κ2) is 3.89. The van der Waals surface area contributed by atoms with Gasteiger partial charge in [-0.1, -0.05) is 43.5 Å². The molecule has 2 aliphatic carbocycles. The third-order valence-corrected chi connectivity index (χ3v) is 4.56. The summed E-state index contributed by atoms with van der Waals surface area (Å²) >= 11 is 0. The monoisotopic (exact) mass is 215 g/mol. The van der Waals surface area contributed by atoms with Crippen LogP contribution in [-0.4, -0.2) is 0 Å². The van der Waals surface area contributed by atoms with Gasteiger partial charge in [-0.15, -0.1) is 0 Å². The first kappa shape index (κ1) is 10.3. The Morgan fingerprint density at radius 2 is 1.56 bits per heavy atom. The smallest absolute Gasteiger partial charge is 0.0409 e. The molecule has 0 radical (unpaired) electrons. The Morgan fingerprint density at radius 3 is 2.06 bits per heavy atom. The first-order valence-corrected chi connectivity index (χ1v) is 6.67. The average molecular weight is 215 g/mol.